The monoisotopic (exact) mass is 676 g/mol. The summed E-state index contributed by atoms with van der Waals surface area (Å²) in [5, 5.41) is 48.6. The van der Waals surface area contributed by atoms with Crippen molar-refractivity contribution < 1.29 is 68.1 Å². The van der Waals surface area contributed by atoms with E-state index in [0.717, 1.165) is 6.92 Å². The van der Waals surface area contributed by atoms with Crippen molar-refractivity contribution in [1.82, 2.24) is 0 Å². The molecule has 0 aromatic rings. The topological polar surface area (TPSA) is 216 Å². The van der Waals surface area contributed by atoms with Crippen LogP contribution in [0.4, 0.5) is 0 Å². The summed E-state index contributed by atoms with van der Waals surface area (Å²) < 4.78 is 29.4. The predicted octanol–water partition coefficient (Wildman–Crippen LogP) is -0.0433. The van der Waals surface area contributed by atoms with E-state index < -0.39 is 135 Å². The largest absolute Gasteiger partial charge is 0.459 e. The number of ketones is 1. The molecular weight excluding hydrogens is 632 g/mol. The number of rotatable bonds is 3. The van der Waals surface area contributed by atoms with Gasteiger partial charge in [-0.1, -0.05) is 20.8 Å². The van der Waals surface area contributed by atoms with Gasteiger partial charge in [0, 0.05) is 61.7 Å². The second-order valence-corrected chi connectivity index (χ2v) is 16.0. The smallest absolute Gasteiger partial charge is 0.343 e. The number of hydrogen-bond acceptors (Lipinski definition) is 14. The first-order valence-electron chi connectivity index (χ1n) is 16.6. The van der Waals surface area contributed by atoms with Crippen molar-refractivity contribution in [3.63, 3.8) is 0 Å². The Hall–Kier alpha value is -2.91. The Morgan fingerprint density at radius 2 is 1.44 bits per heavy atom. The van der Waals surface area contributed by atoms with E-state index >= 15 is 0 Å². The molecule has 6 fully saturated rings. The van der Waals surface area contributed by atoms with E-state index in [4.69, 9.17) is 23.7 Å². The van der Waals surface area contributed by atoms with Crippen LogP contribution in [0.5, 0.6) is 0 Å². The molecule has 2 aliphatic heterocycles. The van der Waals surface area contributed by atoms with E-state index in [9.17, 15) is 44.4 Å². The Morgan fingerprint density at radius 1 is 0.854 bits per heavy atom. The lowest BCUT2D eigenvalue weighted by Gasteiger charge is -2.67. The molecule has 4 saturated carbocycles. The Labute approximate surface area is 277 Å². The van der Waals surface area contributed by atoms with Crippen LogP contribution in [-0.4, -0.2) is 104 Å². The van der Waals surface area contributed by atoms with Crippen molar-refractivity contribution in [2.75, 3.05) is 0 Å². The van der Waals surface area contributed by atoms with Gasteiger partial charge in [0.15, 0.2) is 11.4 Å². The van der Waals surface area contributed by atoms with Crippen LogP contribution >= 0.6 is 0 Å². The Morgan fingerprint density at radius 3 is 2.02 bits per heavy atom. The number of ether oxygens (including phenoxy) is 5. The number of Topliss-reactive ketones (excluding diaryl/α,β-unsaturated/α-hetero) is 1. The number of epoxide rings is 1. The maximum atomic E-state index is 14.7. The van der Waals surface area contributed by atoms with Gasteiger partial charge in [-0.3, -0.25) is 19.2 Å². The predicted molar refractivity (Wildman–Crippen MR) is 158 cm³/mol. The molecule has 0 aromatic heterocycles. The molecule has 14 heteroatoms. The molecule has 48 heavy (non-hydrogen) atoms. The maximum absolute atomic E-state index is 14.7. The van der Waals surface area contributed by atoms with Gasteiger partial charge in [-0.2, -0.15) is 0 Å². The number of allylic oxidation sites excluding steroid dienone is 1. The van der Waals surface area contributed by atoms with Crippen LogP contribution in [0.1, 0.15) is 61.8 Å². The summed E-state index contributed by atoms with van der Waals surface area (Å²) in [6.07, 6.45) is -7.39. The number of esters is 4. The number of aliphatic hydroxyl groups excluding tert-OH is 2. The standard InChI is InChI=1S/C34H44O14/c1-11-9-16-31(6,33(8,42)29(41)48-16)21-18(11)30(5)19(23(21)39)17-20(25(44-12(2)35)27(30)45-13(3)36)32(7)28(46-14(4)37)24-15(47-24)10-34(32,43)26(40)22(17)38/h9,11,15,17-21,23-28,39-40,42-43H,10H2,1-8H3/t11-,15+,17+,18+,19-,20-,21?,23-,24+,25+,26+,27+,28+,30-,31+,32+,33+,34+/m1/s1. The number of hydrogen-bond donors (Lipinski definition) is 4. The highest BCUT2D eigenvalue weighted by molar-refractivity contribution is 5.90. The van der Waals surface area contributed by atoms with Crippen molar-refractivity contribution in [2.24, 2.45) is 51.8 Å². The summed E-state index contributed by atoms with van der Waals surface area (Å²) in [7, 11) is 0. The van der Waals surface area contributed by atoms with Crippen LogP contribution in [0, 0.1) is 51.8 Å². The summed E-state index contributed by atoms with van der Waals surface area (Å²) in [5.41, 5.74) is -9.01. The van der Waals surface area contributed by atoms with E-state index in [1.807, 2.05) is 6.92 Å². The minimum absolute atomic E-state index is 0.167. The van der Waals surface area contributed by atoms with Gasteiger partial charge in [0.1, 0.15) is 41.9 Å². The van der Waals surface area contributed by atoms with E-state index in [2.05, 4.69) is 0 Å². The van der Waals surface area contributed by atoms with Crippen molar-refractivity contribution >= 4 is 29.7 Å². The van der Waals surface area contributed by atoms with Crippen molar-refractivity contribution in [2.45, 2.75) is 116 Å². The maximum Gasteiger partial charge on any atom is 0.343 e. The molecule has 5 aliphatic carbocycles. The molecule has 0 radical (unpaired) electrons. The third kappa shape index (κ3) is 3.68. The van der Waals surface area contributed by atoms with E-state index in [1.165, 1.54) is 20.8 Å². The van der Waals surface area contributed by atoms with Crippen LogP contribution in [0.15, 0.2) is 11.8 Å². The Kier molecular flexibility index (Phi) is 6.90. The first-order valence-corrected chi connectivity index (χ1v) is 16.6. The highest BCUT2D eigenvalue weighted by Crippen LogP contribution is 2.75. The van der Waals surface area contributed by atoms with Crippen LogP contribution in [0.3, 0.4) is 0 Å². The summed E-state index contributed by atoms with van der Waals surface area (Å²) in [6, 6.07) is 0. The van der Waals surface area contributed by atoms with Crippen LogP contribution in [0.25, 0.3) is 0 Å². The van der Waals surface area contributed by atoms with E-state index in [1.54, 1.807) is 26.8 Å². The average molecular weight is 677 g/mol. The van der Waals surface area contributed by atoms with Gasteiger partial charge in [-0.05, 0) is 31.8 Å². The molecule has 7 rings (SSSR count). The third-order valence-corrected chi connectivity index (χ3v) is 14.0. The lowest BCUT2D eigenvalue weighted by Crippen LogP contribution is -2.80. The SMILES string of the molecule is CC(=O)O[C@H]1[C@H]2[C@@H](C(=O)[C@H](O)[C@@]3(O)C[C@@H]4O[C@@H]4[C@H](OC(C)=O)[C@]23C)[C@@H]2[C@@H](O)C3[C@H]([C@H](C)C=C4OC(=O)[C@](C)(O)[C@@]43C)[C@@]2(C)[C@H]1OC(C)=O. The van der Waals surface area contributed by atoms with Crippen LogP contribution in [0.2, 0.25) is 0 Å². The Bertz CT molecular complexity index is 1550. The third-order valence-electron chi connectivity index (χ3n) is 14.0. The molecule has 0 spiro atoms. The second kappa shape index (κ2) is 9.87. The molecule has 1 unspecified atom stereocenters. The molecule has 0 amide bonds. The molecule has 264 valence electrons. The summed E-state index contributed by atoms with van der Waals surface area (Å²) in [5.74, 6) is -9.78. The number of carbonyl (C=O) groups is 5. The lowest BCUT2D eigenvalue weighted by atomic mass is 9.40. The first-order chi connectivity index (χ1) is 22.1. The molecule has 0 bridgehead atoms. The summed E-state index contributed by atoms with van der Waals surface area (Å²) in [4.78, 5) is 66.3. The second-order valence-electron chi connectivity index (χ2n) is 16.0. The van der Waals surface area contributed by atoms with Gasteiger partial charge < -0.3 is 44.1 Å². The fourth-order valence-electron chi connectivity index (χ4n) is 11.9. The summed E-state index contributed by atoms with van der Waals surface area (Å²) in [6.45, 7) is 11.5. The van der Waals surface area contributed by atoms with Crippen LogP contribution in [-0.2, 0) is 47.7 Å². The number of carbonyl (C=O) groups excluding carboxylic acids is 5. The van der Waals surface area contributed by atoms with Gasteiger partial charge in [0.25, 0.3) is 0 Å². The van der Waals surface area contributed by atoms with E-state index in [-0.39, 0.29) is 12.2 Å². The van der Waals surface area contributed by atoms with Crippen molar-refractivity contribution in [3.05, 3.63) is 11.8 Å². The normalized spacial score (nSPS) is 55.8. The molecular formula is C34H44O14. The molecule has 4 N–H and O–H groups in total. The number of fused-ring (bicyclic) bond motifs is 10. The molecule has 18 atom stereocenters. The quantitative estimate of drug-likeness (QED) is 0.175. The van der Waals surface area contributed by atoms with Gasteiger partial charge in [-0.25, -0.2) is 4.79 Å². The zero-order valence-electron chi connectivity index (χ0n) is 28.2. The van der Waals surface area contributed by atoms with Crippen molar-refractivity contribution in [1.29, 1.82) is 0 Å². The van der Waals surface area contributed by atoms with Crippen LogP contribution < -0.4 is 0 Å². The minimum atomic E-state index is -2.25. The molecule has 0 aromatic carbocycles. The van der Waals surface area contributed by atoms with Gasteiger partial charge in [0.2, 0.25) is 0 Å². The minimum Gasteiger partial charge on any atom is -0.459 e. The Balaban J connectivity index is 1.51. The van der Waals surface area contributed by atoms with Crippen molar-refractivity contribution in [3.8, 4) is 0 Å². The van der Waals surface area contributed by atoms with Gasteiger partial charge in [0.05, 0.1) is 17.6 Å². The molecule has 2 heterocycles. The molecule has 7 aliphatic rings. The number of aliphatic hydroxyl groups is 4. The molecule has 2 saturated heterocycles. The highest BCUT2D eigenvalue weighted by Gasteiger charge is 2.85. The highest BCUT2D eigenvalue weighted by atomic mass is 16.6. The molecule has 14 nitrogen and oxygen atoms in total. The van der Waals surface area contributed by atoms with Gasteiger partial charge in [-0.15, -0.1) is 0 Å². The fraction of sp³-hybridized carbons (Fsp3) is 0.794. The first kappa shape index (κ1) is 33.6. The lowest BCUT2D eigenvalue weighted by molar-refractivity contribution is -0.302. The zero-order chi connectivity index (χ0) is 35.4. The fourth-order valence-corrected chi connectivity index (χ4v) is 11.9. The zero-order valence-corrected chi connectivity index (χ0v) is 28.2. The summed E-state index contributed by atoms with van der Waals surface area (Å²) >= 11 is 0. The average Bonchev–Trinajstić information content (AvgIpc) is 3.64. The van der Waals surface area contributed by atoms with Gasteiger partial charge >= 0.3 is 23.9 Å². The van der Waals surface area contributed by atoms with E-state index in [0.29, 0.717) is 0 Å².